The van der Waals surface area contributed by atoms with Gasteiger partial charge >= 0.3 is 6.18 Å². The van der Waals surface area contributed by atoms with E-state index < -0.39 is 11.9 Å². The Morgan fingerprint density at radius 3 is 2.56 bits per heavy atom. The smallest absolute Gasteiger partial charge is 0.357 e. The van der Waals surface area contributed by atoms with E-state index in [0.717, 1.165) is 15.8 Å². The molecule has 0 aliphatic heterocycles. The van der Waals surface area contributed by atoms with Crippen molar-refractivity contribution in [2.45, 2.75) is 33.1 Å². The second-order valence-corrected chi connectivity index (χ2v) is 5.65. The van der Waals surface area contributed by atoms with Gasteiger partial charge in [-0.1, -0.05) is 24.3 Å². The molecule has 1 aromatic carbocycles. The molecule has 0 amide bonds. The zero-order valence-corrected chi connectivity index (χ0v) is 14.5. The second kappa shape index (κ2) is 8.04. The molecule has 0 aliphatic rings. The lowest BCUT2D eigenvalue weighted by atomic mass is 10.1. The summed E-state index contributed by atoms with van der Waals surface area (Å²) in [6, 6.07) is 7.90. The van der Waals surface area contributed by atoms with Crippen LogP contribution in [-0.2, 0) is 26.3 Å². The number of hydrogen-bond donors (Lipinski definition) is 2. The molecule has 1 heterocycles. The molecule has 1 aromatic heterocycles. The van der Waals surface area contributed by atoms with Gasteiger partial charge in [0.15, 0.2) is 11.7 Å². The third-order valence-electron chi connectivity index (χ3n) is 3.63. The maximum absolute atomic E-state index is 13.0. The molecule has 0 fully saturated rings. The molecule has 2 N–H and O–H groups in total. The van der Waals surface area contributed by atoms with Gasteiger partial charge in [-0.15, -0.1) is 0 Å². The van der Waals surface area contributed by atoms with Crippen LogP contribution in [0.2, 0.25) is 0 Å². The summed E-state index contributed by atoms with van der Waals surface area (Å²) in [5.74, 6) is 0.461. The molecule has 25 heavy (non-hydrogen) atoms. The molecular formula is C17H22F3N5. The Labute approximate surface area is 145 Å². The molecule has 136 valence electrons. The van der Waals surface area contributed by atoms with Crippen molar-refractivity contribution in [3.63, 3.8) is 0 Å². The van der Waals surface area contributed by atoms with Crippen molar-refractivity contribution in [2.24, 2.45) is 12.0 Å². The van der Waals surface area contributed by atoms with Crippen LogP contribution >= 0.6 is 0 Å². The van der Waals surface area contributed by atoms with Crippen LogP contribution in [0.4, 0.5) is 13.2 Å². The Bertz CT molecular complexity index is 734. The zero-order chi connectivity index (χ0) is 18.4. The quantitative estimate of drug-likeness (QED) is 0.642. The standard InChI is InChI=1S/C17H22F3N5/c1-4-21-16(22-9-13-8-6-5-7-12(13)2)23-10-14-11-25(3)24-15(14)17(18,19)20/h5-8,11H,4,9-10H2,1-3H3,(H2,21,22,23). The van der Waals surface area contributed by atoms with Crippen LogP contribution in [0.1, 0.15) is 29.3 Å². The Balaban J connectivity index is 2.11. The lowest BCUT2D eigenvalue weighted by Crippen LogP contribution is -2.37. The molecule has 8 heteroatoms. The Morgan fingerprint density at radius 2 is 1.92 bits per heavy atom. The summed E-state index contributed by atoms with van der Waals surface area (Å²) in [5.41, 5.74) is 1.39. The number of benzene rings is 1. The van der Waals surface area contributed by atoms with Crippen molar-refractivity contribution < 1.29 is 13.2 Å². The number of halogens is 3. The molecule has 0 unspecified atom stereocenters. The van der Waals surface area contributed by atoms with Gasteiger partial charge in [-0.05, 0) is 25.0 Å². The number of nitrogens with zero attached hydrogens (tertiary/aromatic N) is 3. The van der Waals surface area contributed by atoms with E-state index >= 15 is 0 Å². The third kappa shape index (κ3) is 5.23. The predicted molar refractivity (Wildman–Crippen MR) is 91.0 cm³/mol. The van der Waals surface area contributed by atoms with Gasteiger partial charge in [0.05, 0.1) is 6.54 Å². The number of aromatic nitrogens is 2. The maximum atomic E-state index is 13.0. The van der Waals surface area contributed by atoms with Gasteiger partial charge in [-0.2, -0.15) is 18.3 Å². The third-order valence-corrected chi connectivity index (χ3v) is 3.63. The van der Waals surface area contributed by atoms with Crippen LogP contribution in [0.15, 0.2) is 35.5 Å². The van der Waals surface area contributed by atoms with Gasteiger partial charge in [-0.3, -0.25) is 4.68 Å². The van der Waals surface area contributed by atoms with Crippen molar-refractivity contribution in [3.8, 4) is 0 Å². The van der Waals surface area contributed by atoms with E-state index in [9.17, 15) is 13.2 Å². The Kier molecular flexibility index (Phi) is 6.06. The number of aryl methyl sites for hydroxylation is 2. The van der Waals surface area contributed by atoms with E-state index in [2.05, 4.69) is 20.7 Å². The second-order valence-electron chi connectivity index (χ2n) is 5.65. The summed E-state index contributed by atoms with van der Waals surface area (Å²) in [7, 11) is 1.46. The van der Waals surface area contributed by atoms with E-state index in [1.54, 1.807) is 0 Å². The lowest BCUT2D eigenvalue weighted by molar-refractivity contribution is -0.142. The van der Waals surface area contributed by atoms with Gasteiger partial charge < -0.3 is 10.6 Å². The monoisotopic (exact) mass is 353 g/mol. The fourth-order valence-electron chi connectivity index (χ4n) is 2.39. The molecule has 0 spiro atoms. The minimum Gasteiger partial charge on any atom is -0.357 e. The minimum absolute atomic E-state index is 0.0445. The van der Waals surface area contributed by atoms with Crippen LogP contribution in [0, 0.1) is 6.92 Å². The van der Waals surface area contributed by atoms with Crippen molar-refractivity contribution in [2.75, 3.05) is 6.54 Å². The SMILES string of the molecule is CCNC(=NCc1cn(C)nc1C(F)(F)F)NCc1ccccc1C. The molecule has 0 aliphatic carbocycles. The van der Waals surface area contributed by atoms with E-state index in [4.69, 9.17) is 0 Å². The van der Waals surface area contributed by atoms with Gasteiger partial charge in [0, 0.05) is 31.9 Å². The number of guanidine groups is 1. The molecule has 0 saturated heterocycles. The molecule has 2 aromatic rings. The first-order chi connectivity index (χ1) is 11.8. The van der Waals surface area contributed by atoms with Crippen LogP contribution < -0.4 is 10.6 Å². The fraction of sp³-hybridized carbons (Fsp3) is 0.412. The summed E-state index contributed by atoms with van der Waals surface area (Å²) in [5, 5.41) is 9.67. The van der Waals surface area contributed by atoms with Crippen LogP contribution in [-0.4, -0.2) is 22.3 Å². The van der Waals surface area contributed by atoms with Gasteiger partial charge in [-0.25, -0.2) is 4.99 Å². The van der Waals surface area contributed by atoms with Crippen LogP contribution in [0.5, 0.6) is 0 Å². The molecule has 5 nitrogen and oxygen atoms in total. The fourth-order valence-corrected chi connectivity index (χ4v) is 2.39. The van der Waals surface area contributed by atoms with Crippen molar-refractivity contribution in [3.05, 3.63) is 52.8 Å². The van der Waals surface area contributed by atoms with Crippen molar-refractivity contribution in [1.82, 2.24) is 20.4 Å². The highest BCUT2D eigenvalue weighted by Crippen LogP contribution is 2.30. The number of alkyl halides is 3. The van der Waals surface area contributed by atoms with Crippen LogP contribution in [0.25, 0.3) is 0 Å². The molecule has 0 atom stereocenters. The number of hydrogen-bond acceptors (Lipinski definition) is 2. The van der Waals surface area contributed by atoms with E-state index in [1.165, 1.54) is 13.2 Å². The van der Waals surface area contributed by atoms with Crippen molar-refractivity contribution in [1.29, 1.82) is 0 Å². The average molecular weight is 353 g/mol. The molecule has 0 radical (unpaired) electrons. The normalized spacial score (nSPS) is 12.3. The first-order valence-electron chi connectivity index (χ1n) is 7.97. The largest absolute Gasteiger partial charge is 0.435 e. The van der Waals surface area contributed by atoms with Gasteiger partial charge in [0.1, 0.15) is 0 Å². The zero-order valence-electron chi connectivity index (χ0n) is 14.5. The molecule has 0 bridgehead atoms. The molecule has 0 saturated carbocycles. The van der Waals surface area contributed by atoms with Crippen LogP contribution in [0.3, 0.4) is 0 Å². The number of rotatable bonds is 5. The van der Waals surface area contributed by atoms with Gasteiger partial charge in [0.25, 0.3) is 0 Å². The Hall–Kier alpha value is -2.51. The molecule has 2 rings (SSSR count). The van der Waals surface area contributed by atoms with E-state index in [0.29, 0.717) is 19.0 Å². The summed E-state index contributed by atoms with van der Waals surface area (Å²) < 4.78 is 40.1. The summed E-state index contributed by atoms with van der Waals surface area (Å²) >= 11 is 0. The molecular weight excluding hydrogens is 331 g/mol. The minimum atomic E-state index is -4.49. The number of aliphatic imine (C=N–C) groups is 1. The first kappa shape index (κ1) is 18.8. The lowest BCUT2D eigenvalue weighted by Gasteiger charge is -2.13. The summed E-state index contributed by atoms with van der Waals surface area (Å²) in [6.07, 6.45) is -3.14. The highest BCUT2D eigenvalue weighted by Gasteiger charge is 2.36. The van der Waals surface area contributed by atoms with E-state index in [1.807, 2.05) is 38.1 Å². The number of nitrogens with one attached hydrogen (secondary N) is 2. The highest BCUT2D eigenvalue weighted by atomic mass is 19.4. The summed E-state index contributed by atoms with van der Waals surface area (Å²) in [4.78, 5) is 4.26. The topological polar surface area (TPSA) is 54.2 Å². The van der Waals surface area contributed by atoms with Crippen molar-refractivity contribution >= 4 is 5.96 Å². The maximum Gasteiger partial charge on any atom is 0.435 e. The predicted octanol–water partition coefficient (Wildman–Crippen LogP) is 3.00. The highest BCUT2D eigenvalue weighted by molar-refractivity contribution is 5.79. The summed E-state index contributed by atoms with van der Waals surface area (Å²) in [6.45, 7) is 4.95. The average Bonchev–Trinajstić information content (AvgIpc) is 2.92. The van der Waals surface area contributed by atoms with E-state index in [-0.39, 0.29) is 12.1 Å². The van der Waals surface area contributed by atoms with Gasteiger partial charge in [0.2, 0.25) is 0 Å². The first-order valence-corrected chi connectivity index (χ1v) is 7.97. The Morgan fingerprint density at radius 1 is 1.20 bits per heavy atom.